The van der Waals surface area contributed by atoms with E-state index in [1.54, 1.807) is 0 Å². The van der Waals surface area contributed by atoms with E-state index < -0.39 is 10.4 Å². The highest BCUT2D eigenvalue weighted by atomic mass is 32.3. The van der Waals surface area contributed by atoms with Crippen LogP contribution in [0.4, 0.5) is 0 Å². The lowest BCUT2D eigenvalue weighted by atomic mass is 9.95. The predicted octanol–water partition coefficient (Wildman–Crippen LogP) is 4.77. The standard InChI is InChI=1S/C18H30O.H2O4S/c1-4-7-10-15-13-16(11-8-5-2)18(19)17(14-15)12-9-6-3;1-5(2,3)4/h13-14,19H,4-12H2,1-3H3;(H2,1,2,3,4). The van der Waals surface area contributed by atoms with E-state index in [1.807, 2.05) is 0 Å². The molecule has 0 unspecified atom stereocenters. The van der Waals surface area contributed by atoms with Crippen LogP contribution in [0.5, 0.6) is 5.75 Å². The second-order valence-corrected chi connectivity index (χ2v) is 6.92. The summed E-state index contributed by atoms with van der Waals surface area (Å²) in [5.74, 6) is 0.571. The van der Waals surface area contributed by atoms with Gasteiger partial charge in [-0.2, -0.15) is 8.42 Å². The highest BCUT2D eigenvalue weighted by Gasteiger charge is 2.09. The Morgan fingerprint density at radius 3 is 1.46 bits per heavy atom. The fourth-order valence-electron chi connectivity index (χ4n) is 2.47. The molecule has 0 atom stereocenters. The molecule has 0 bridgehead atoms. The smallest absolute Gasteiger partial charge is 0.394 e. The average molecular weight is 361 g/mol. The lowest BCUT2D eigenvalue weighted by Crippen LogP contribution is -1.97. The monoisotopic (exact) mass is 360 g/mol. The topological polar surface area (TPSA) is 94.8 Å². The quantitative estimate of drug-likeness (QED) is 0.552. The SMILES string of the molecule is CCCCc1cc(CCCC)c(O)c(CCCC)c1.O=S(=O)(O)O. The number of hydrogen-bond acceptors (Lipinski definition) is 3. The van der Waals surface area contributed by atoms with Gasteiger partial charge in [0.25, 0.3) is 0 Å². The van der Waals surface area contributed by atoms with Gasteiger partial charge in [-0.05, 0) is 55.2 Å². The van der Waals surface area contributed by atoms with Crippen molar-refractivity contribution in [1.82, 2.24) is 0 Å². The number of hydrogen-bond donors (Lipinski definition) is 3. The second-order valence-electron chi connectivity index (χ2n) is 6.02. The first kappa shape index (κ1) is 22.9. The minimum atomic E-state index is -4.67. The average Bonchev–Trinajstić information content (AvgIpc) is 2.49. The summed E-state index contributed by atoms with van der Waals surface area (Å²) in [7, 11) is -4.67. The summed E-state index contributed by atoms with van der Waals surface area (Å²) in [5.41, 5.74) is 3.75. The van der Waals surface area contributed by atoms with E-state index in [1.165, 1.54) is 42.4 Å². The summed E-state index contributed by atoms with van der Waals surface area (Å²) in [6.45, 7) is 6.64. The van der Waals surface area contributed by atoms with E-state index in [0.29, 0.717) is 5.75 Å². The molecule has 0 radical (unpaired) electrons. The molecule has 140 valence electrons. The van der Waals surface area contributed by atoms with Gasteiger partial charge in [-0.3, -0.25) is 9.11 Å². The maximum atomic E-state index is 10.4. The van der Waals surface area contributed by atoms with E-state index in [9.17, 15) is 5.11 Å². The van der Waals surface area contributed by atoms with Crippen molar-refractivity contribution in [3.05, 3.63) is 28.8 Å². The molecule has 0 fully saturated rings. The zero-order chi connectivity index (χ0) is 18.6. The normalized spacial score (nSPS) is 11.0. The zero-order valence-electron chi connectivity index (χ0n) is 15.1. The third-order valence-corrected chi connectivity index (χ3v) is 3.75. The molecule has 0 spiro atoms. The highest BCUT2D eigenvalue weighted by molar-refractivity contribution is 7.79. The van der Waals surface area contributed by atoms with Gasteiger partial charge in [0, 0.05) is 0 Å². The fraction of sp³-hybridized carbons (Fsp3) is 0.667. The first-order chi connectivity index (χ1) is 11.2. The summed E-state index contributed by atoms with van der Waals surface area (Å²) in [5, 5.41) is 10.4. The lowest BCUT2D eigenvalue weighted by molar-refractivity contribution is 0.381. The van der Waals surface area contributed by atoms with Gasteiger partial charge in [0.2, 0.25) is 0 Å². The van der Waals surface area contributed by atoms with Crippen LogP contribution in [0.3, 0.4) is 0 Å². The molecule has 0 saturated heterocycles. The molecule has 0 aromatic heterocycles. The minimum absolute atomic E-state index is 0.571. The molecule has 0 heterocycles. The Hall–Kier alpha value is -1.11. The summed E-state index contributed by atoms with van der Waals surface area (Å²) < 4.78 is 31.6. The van der Waals surface area contributed by atoms with Crippen molar-refractivity contribution in [1.29, 1.82) is 0 Å². The van der Waals surface area contributed by atoms with Crippen molar-refractivity contribution in [3.8, 4) is 5.75 Å². The first-order valence-electron chi connectivity index (χ1n) is 8.76. The predicted molar refractivity (Wildman–Crippen MR) is 98.1 cm³/mol. The molecule has 0 saturated carbocycles. The molecule has 1 aromatic carbocycles. The van der Waals surface area contributed by atoms with Crippen LogP contribution >= 0.6 is 0 Å². The summed E-state index contributed by atoms with van der Waals surface area (Å²) in [4.78, 5) is 0. The van der Waals surface area contributed by atoms with Crippen molar-refractivity contribution < 1.29 is 22.6 Å². The van der Waals surface area contributed by atoms with Crippen LogP contribution in [-0.4, -0.2) is 22.6 Å². The number of phenols is 1. The van der Waals surface area contributed by atoms with Crippen LogP contribution in [0.25, 0.3) is 0 Å². The molecule has 0 amide bonds. The third kappa shape index (κ3) is 11.4. The van der Waals surface area contributed by atoms with Gasteiger partial charge < -0.3 is 5.11 Å². The molecule has 1 aromatic rings. The molecule has 1 rings (SSSR count). The Bertz CT molecular complexity index is 530. The molecular formula is C18H32O5S. The van der Waals surface area contributed by atoms with Crippen LogP contribution in [0.2, 0.25) is 0 Å². The number of aryl methyl sites for hydroxylation is 3. The lowest BCUT2D eigenvalue weighted by Gasteiger charge is -2.13. The second kappa shape index (κ2) is 12.3. The van der Waals surface area contributed by atoms with Gasteiger partial charge in [-0.1, -0.05) is 52.2 Å². The summed E-state index contributed by atoms with van der Waals surface area (Å²) in [6.07, 6.45) is 10.3. The molecule has 5 nitrogen and oxygen atoms in total. The largest absolute Gasteiger partial charge is 0.507 e. The maximum Gasteiger partial charge on any atom is 0.394 e. The maximum absolute atomic E-state index is 10.4. The van der Waals surface area contributed by atoms with Crippen LogP contribution in [0.15, 0.2) is 12.1 Å². The number of phenolic OH excluding ortho intramolecular Hbond substituents is 1. The van der Waals surface area contributed by atoms with Crippen molar-refractivity contribution in [2.45, 2.75) is 78.6 Å². The van der Waals surface area contributed by atoms with Crippen LogP contribution in [0.1, 0.15) is 76.0 Å². The molecule has 3 N–H and O–H groups in total. The van der Waals surface area contributed by atoms with E-state index in [2.05, 4.69) is 32.9 Å². The highest BCUT2D eigenvalue weighted by Crippen LogP contribution is 2.28. The summed E-state index contributed by atoms with van der Waals surface area (Å²) >= 11 is 0. The van der Waals surface area contributed by atoms with E-state index in [0.717, 1.165) is 32.1 Å². The van der Waals surface area contributed by atoms with E-state index in [4.69, 9.17) is 17.5 Å². The zero-order valence-corrected chi connectivity index (χ0v) is 15.9. The Balaban J connectivity index is 0.000000922. The molecule has 6 heteroatoms. The van der Waals surface area contributed by atoms with Gasteiger partial charge >= 0.3 is 10.4 Å². The minimum Gasteiger partial charge on any atom is -0.507 e. The van der Waals surface area contributed by atoms with Crippen molar-refractivity contribution in [3.63, 3.8) is 0 Å². The molecule has 24 heavy (non-hydrogen) atoms. The Morgan fingerprint density at radius 1 is 0.792 bits per heavy atom. The van der Waals surface area contributed by atoms with E-state index >= 15 is 0 Å². The summed E-state index contributed by atoms with van der Waals surface area (Å²) in [6, 6.07) is 4.46. The Kier molecular flexibility index (Phi) is 11.7. The number of unbranched alkanes of at least 4 members (excludes halogenated alkanes) is 3. The van der Waals surface area contributed by atoms with Crippen molar-refractivity contribution in [2.75, 3.05) is 0 Å². The van der Waals surface area contributed by atoms with Gasteiger partial charge in [0.1, 0.15) is 5.75 Å². The third-order valence-electron chi connectivity index (χ3n) is 3.75. The van der Waals surface area contributed by atoms with Gasteiger partial charge in [0.05, 0.1) is 0 Å². The van der Waals surface area contributed by atoms with E-state index in [-0.39, 0.29) is 0 Å². The molecular weight excluding hydrogens is 328 g/mol. The van der Waals surface area contributed by atoms with Crippen LogP contribution in [-0.2, 0) is 29.7 Å². The first-order valence-corrected chi connectivity index (χ1v) is 10.2. The van der Waals surface area contributed by atoms with Crippen LogP contribution in [0, 0.1) is 0 Å². The fourth-order valence-corrected chi connectivity index (χ4v) is 2.47. The number of rotatable bonds is 9. The van der Waals surface area contributed by atoms with Gasteiger partial charge in [-0.15, -0.1) is 0 Å². The van der Waals surface area contributed by atoms with Crippen LogP contribution < -0.4 is 0 Å². The molecule has 0 aliphatic rings. The molecule has 0 aliphatic carbocycles. The van der Waals surface area contributed by atoms with Gasteiger partial charge in [0.15, 0.2) is 0 Å². The van der Waals surface area contributed by atoms with Crippen molar-refractivity contribution in [2.24, 2.45) is 0 Å². The number of aromatic hydroxyl groups is 1. The Morgan fingerprint density at radius 2 is 1.12 bits per heavy atom. The van der Waals surface area contributed by atoms with Crippen molar-refractivity contribution >= 4 is 10.4 Å². The molecule has 0 aliphatic heterocycles. The van der Waals surface area contributed by atoms with Gasteiger partial charge in [-0.25, -0.2) is 0 Å². The Labute approximate surface area is 146 Å². The number of benzene rings is 1.